The van der Waals surface area contributed by atoms with E-state index in [0.717, 1.165) is 0 Å². The fourth-order valence-electron chi connectivity index (χ4n) is 2.00. The third-order valence-electron chi connectivity index (χ3n) is 3.31. The Kier molecular flexibility index (Phi) is 6.78. The number of benzene rings is 1. The van der Waals surface area contributed by atoms with Crippen LogP contribution in [0.1, 0.15) is 39.2 Å². The SMILES string of the molecule is CC(C)(C)c1ccc(SCCC[CH2][Sn]([CH3])([CH3])[CH3])cc1. The van der Waals surface area contributed by atoms with Gasteiger partial charge in [0.1, 0.15) is 0 Å². The Labute approximate surface area is 128 Å². The molecule has 1 aromatic carbocycles. The summed E-state index contributed by atoms with van der Waals surface area (Å²) in [6.45, 7) is 6.81. The monoisotopic (exact) mass is 386 g/mol. The third-order valence-corrected chi connectivity index (χ3v) is 9.70. The Bertz CT molecular complexity index is 368. The average molecular weight is 385 g/mol. The van der Waals surface area contributed by atoms with Gasteiger partial charge in [0.05, 0.1) is 0 Å². The molecular weight excluding hydrogens is 355 g/mol. The van der Waals surface area contributed by atoms with Crippen LogP contribution in [0.3, 0.4) is 0 Å². The van der Waals surface area contributed by atoms with Gasteiger partial charge in [0.25, 0.3) is 0 Å². The first-order chi connectivity index (χ1) is 8.68. The van der Waals surface area contributed by atoms with Crippen molar-refractivity contribution in [2.24, 2.45) is 0 Å². The van der Waals surface area contributed by atoms with Gasteiger partial charge in [0.15, 0.2) is 0 Å². The number of thioether (sulfide) groups is 1. The molecular formula is C17H30SSn. The van der Waals surface area contributed by atoms with Crippen LogP contribution < -0.4 is 0 Å². The van der Waals surface area contributed by atoms with E-state index in [1.807, 2.05) is 11.8 Å². The van der Waals surface area contributed by atoms with Gasteiger partial charge in [0, 0.05) is 0 Å². The summed E-state index contributed by atoms with van der Waals surface area (Å²) in [7, 11) is 0. The van der Waals surface area contributed by atoms with Crippen molar-refractivity contribution in [1.29, 1.82) is 0 Å². The van der Waals surface area contributed by atoms with Gasteiger partial charge in [-0.2, -0.15) is 0 Å². The van der Waals surface area contributed by atoms with Crippen LogP contribution in [0.15, 0.2) is 29.2 Å². The summed E-state index contributed by atoms with van der Waals surface area (Å²) in [5, 5.41) is 0. The molecule has 0 saturated carbocycles. The molecule has 0 spiro atoms. The molecule has 19 heavy (non-hydrogen) atoms. The topological polar surface area (TPSA) is 0 Å². The molecule has 0 saturated heterocycles. The summed E-state index contributed by atoms with van der Waals surface area (Å²) in [5.41, 5.74) is 1.70. The van der Waals surface area contributed by atoms with Crippen molar-refractivity contribution in [2.45, 2.75) is 63.2 Å². The predicted octanol–water partition coefficient (Wildman–Crippen LogP) is 6.19. The van der Waals surface area contributed by atoms with Crippen LogP contribution in [0.25, 0.3) is 0 Å². The zero-order valence-electron chi connectivity index (χ0n) is 13.5. The van der Waals surface area contributed by atoms with E-state index in [-0.39, 0.29) is 5.41 Å². The summed E-state index contributed by atoms with van der Waals surface area (Å²) in [4.78, 5) is 9.03. The fourth-order valence-corrected chi connectivity index (χ4v) is 6.65. The third kappa shape index (κ3) is 7.65. The Balaban J connectivity index is 2.31. The second-order valence-corrected chi connectivity index (χ2v) is 24.9. The Hall–Kier alpha value is 0.369. The zero-order chi connectivity index (χ0) is 14.5. The Morgan fingerprint density at radius 3 is 2.00 bits per heavy atom. The van der Waals surface area contributed by atoms with Gasteiger partial charge in [0.2, 0.25) is 0 Å². The summed E-state index contributed by atoms with van der Waals surface area (Å²) >= 11 is 0.519. The molecule has 2 heteroatoms. The van der Waals surface area contributed by atoms with Crippen LogP contribution in [0.2, 0.25) is 19.3 Å². The molecule has 0 bridgehead atoms. The number of hydrogen-bond acceptors (Lipinski definition) is 1. The average Bonchev–Trinajstić information content (AvgIpc) is 2.26. The van der Waals surface area contributed by atoms with Crippen LogP contribution in [-0.4, -0.2) is 24.1 Å². The standard InChI is InChI=1S/C14H21S.3CH3.Sn/c1-5-6-11-15-13-9-7-12(8-10-13)14(2,3)4;;;;/h7-10H,1,5-6,11H2,2-4H3;3*1H3;. The number of hydrogen-bond donors (Lipinski definition) is 0. The van der Waals surface area contributed by atoms with Crippen molar-refractivity contribution in [2.75, 3.05) is 5.75 Å². The Morgan fingerprint density at radius 1 is 0.947 bits per heavy atom. The first-order valence-corrected chi connectivity index (χ1v) is 19.0. The van der Waals surface area contributed by atoms with Gasteiger partial charge < -0.3 is 0 Å². The van der Waals surface area contributed by atoms with Crippen molar-refractivity contribution in [3.63, 3.8) is 0 Å². The molecule has 0 unspecified atom stereocenters. The molecule has 108 valence electrons. The zero-order valence-corrected chi connectivity index (χ0v) is 17.2. The van der Waals surface area contributed by atoms with Crippen molar-refractivity contribution in [3.8, 4) is 0 Å². The second-order valence-electron chi connectivity index (χ2n) is 7.64. The molecule has 0 atom stereocenters. The van der Waals surface area contributed by atoms with E-state index in [1.54, 1.807) is 0 Å². The summed E-state index contributed by atoms with van der Waals surface area (Å²) in [6, 6.07) is 9.14. The van der Waals surface area contributed by atoms with Crippen LogP contribution in [-0.2, 0) is 5.41 Å². The van der Waals surface area contributed by atoms with E-state index in [1.165, 1.54) is 33.5 Å². The molecule has 0 aliphatic heterocycles. The second kappa shape index (κ2) is 7.40. The van der Waals surface area contributed by atoms with Crippen LogP contribution in [0.4, 0.5) is 0 Å². The van der Waals surface area contributed by atoms with E-state index < -0.39 is 18.4 Å². The van der Waals surface area contributed by atoms with E-state index in [9.17, 15) is 0 Å². The molecule has 0 nitrogen and oxygen atoms in total. The van der Waals surface area contributed by atoms with Gasteiger partial charge in [-0.3, -0.25) is 0 Å². The molecule has 0 N–H and O–H groups in total. The molecule has 0 aromatic heterocycles. The normalized spacial score (nSPS) is 12.7. The van der Waals surface area contributed by atoms with E-state index in [4.69, 9.17) is 0 Å². The Morgan fingerprint density at radius 2 is 1.53 bits per heavy atom. The minimum absolute atomic E-state index is 0.267. The van der Waals surface area contributed by atoms with Gasteiger partial charge in [-0.15, -0.1) is 0 Å². The summed E-state index contributed by atoms with van der Waals surface area (Å²) in [6.07, 6.45) is 2.81. The van der Waals surface area contributed by atoms with E-state index in [0.29, 0.717) is 0 Å². The molecule has 1 rings (SSSR count). The molecule has 0 fully saturated rings. The maximum atomic E-state index is 2.53. The van der Waals surface area contributed by atoms with Gasteiger partial charge in [-0.1, -0.05) is 0 Å². The van der Waals surface area contributed by atoms with Gasteiger partial charge in [-0.25, -0.2) is 0 Å². The van der Waals surface area contributed by atoms with Crippen molar-refractivity contribution in [3.05, 3.63) is 29.8 Å². The van der Waals surface area contributed by atoms with Crippen molar-refractivity contribution >= 4 is 30.1 Å². The maximum absolute atomic E-state index is 2.53. The number of rotatable bonds is 6. The molecule has 0 amide bonds. The molecule has 1 aromatic rings. The summed E-state index contributed by atoms with van der Waals surface area (Å²) in [5.74, 6) is 1.27. The number of unbranched alkanes of at least 4 members (excludes halogenated alkanes) is 1. The molecule has 0 heterocycles. The predicted molar refractivity (Wildman–Crippen MR) is 93.3 cm³/mol. The van der Waals surface area contributed by atoms with Crippen LogP contribution in [0.5, 0.6) is 0 Å². The van der Waals surface area contributed by atoms with Crippen molar-refractivity contribution < 1.29 is 0 Å². The minimum atomic E-state index is -1.49. The molecule has 0 aliphatic rings. The quantitative estimate of drug-likeness (QED) is 0.320. The van der Waals surface area contributed by atoms with Crippen LogP contribution in [0, 0.1) is 0 Å². The van der Waals surface area contributed by atoms with Gasteiger partial charge in [-0.05, 0) is 0 Å². The van der Waals surface area contributed by atoms with Crippen LogP contribution >= 0.6 is 11.8 Å². The van der Waals surface area contributed by atoms with E-state index >= 15 is 0 Å². The molecule has 0 radical (unpaired) electrons. The first kappa shape index (κ1) is 17.4. The first-order valence-electron chi connectivity index (χ1n) is 7.42. The van der Waals surface area contributed by atoms with E-state index in [2.05, 4.69) is 59.9 Å². The summed E-state index contributed by atoms with van der Waals surface area (Å²) < 4.78 is 1.54. The molecule has 0 aliphatic carbocycles. The van der Waals surface area contributed by atoms with Crippen molar-refractivity contribution in [1.82, 2.24) is 0 Å². The van der Waals surface area contributed by atoms with Gasteiger partial charge >= 0.3 is 129 Å². The fraction of sp³-hybridized carbons (Fsp3) is 0.647.